The Morgan fingerprint density at radius 1 is 1.23 bits per heavy atom. The highest BCUT2D eigenvalue weighted by molar-refractivity contribution is 6.38. The van der Waals surface area contributed by atoms with E-state index in [1.165, 1.54) is 28.6 Å². The van der Waals surface area contributed by atoms with Crippen LogP contribution in [0.15, 0.2) is 47.5 Å². The molecule has 26 heavy (non-hydrogen) atoms. The number of hydrogen-bond donors (Lipinski definition) is 1. The highest BCUT2D eigenvalue weighted by Crippen LogP contribution is 2.24. The van der Waals surface area contributed by atoms with Gasteiger partial charge in [0, 0.05) is 5.02 Å². The summed E-state index contributed by atoms with van der Waals surface area (Å²) in [6.07, 6.45) is 1.45. The molecule has 0 bridgehead atoms. The van der Waals surface area contributed by atoms with E-state index in [-0.39, 0.29) is 18.7 Å². The highest BCUT2D eigenvalue weighted by atomic mass is 35.5. The second-order valence-corrected chi connectivity index (χ2v) is 6.79. The summed E-state index contributed by atoms with van der Waals surface area (Å²) in [6.45, 7) is 2.19. The molecular formula is C19H18Cl2N2O3. The summed E-state index contributed by atoms with van der Waals surface area (Å²) in [7, 11) is 0. The minimum absolute atomic E-state index is 0.0545. The van der Waals surface area contributed by atoms with Crippen LogP contribution >= 0.6 is 23.2 Å². The van der Waals surface area contributed by atoms with Crippen LogP contribution in [-0.4, -0.2) is 27.4 Å². The van der Waals surface area contributed by atoms with E-state index in [9.17, 15) is 9.90 Å². The van der Waals surface area contributed by atoms with E-state index in [1.54, 1.807) is 0 Å². The van der Waals surface area contributed by atoms with Crippen LogP contribution in [0.25, 0.3) is 10.9 Å². The van der Waals surface area contributed by atoms with Crippen LogP contribution < -0.4 is 10.3 Å². The smallest absolute Gasteiger partial charge is 0.261 e. The van der Waals surface area contributed by atoms with Gasteiger partial charge in [-0.1, -0.05) is 42.3 Å². The van der Waals surface area contributed by atoms with E-state index in [0.29, 0.717) is 26.7 Å². The van der Waals surface area contributed by atoms with Crippen LogP contribution in [0.2, 0.25) is 10.0 Å². The molecular weight excluding hydrogens is 375 g/mol. The molecule has 3 rings (SSSR count). The van der Waals surface area contributed by atoms with Crippen LogP contribution in [0.3, 0.4) is 0 Å². The summed E-state index contributed by atoms with van der Waals surface area (Å²) >= 11 is 12.0. The van der Waals surface area contributed by atoms with Crippen molar-refractivity contribution in [3.05, 3.63) is 68.7 Å². The minimum atomic E-state index is -0.868. The Labute approximate surface area is 160 Å². The molecule has 5 nitrogen and oxygen atoms in total. The fourth-order valence-electron chi connectivity index (χ4n) is 2.62. The van der Waals surface area contributed by atoms with Crippen LogP contribution in [-0.2, 0) is 13.0 Å². The lowest BCUT2D eigenvalue weighted by Crippen LogP contribution is -2.30. The topological polar surface area (TPSA) is 64.3 Å². The number of halogens is 2. The maximum absolute atomic E-state index is 12.6. The van der Waals surface area contributed by atoms with Gasteiger partial charge in [-0.15, -0.1) is 0 Å². The number of aromatic nitrogens is 2. The Kier molecular flexibility index (Phi) is 5.81. The maximum atomic E-state index is 12.6. The summed E-state index contributed by atoms with van der Waals surface area (Å²) in [6, 6.07) is 10.7. The molecule has 0 radical (unpaired) electrons. The Bertz CT molecular complexity index is 971. The number of rotatable bonds is 6. The monoisotopic (exact) mass is 392 g/mol. The molecule has 0 spiro atoms. The molecule has 0 fully saturated rings. The standard InChI is InChI=1S/C19H18Cl2N2O3/c1-2-12-3-5-15(6-4-12)26-10-14(24)9-23-11-22-18-16(19(23)25)7-13(20)8-17(18)21/h3-8,11,14,24H,2,9-10H2,1H3. The predicted octanol–water partition coefficient (Wildman–Crippen LogP) is 3.71. The lowest BCUT2D eigenvalue weighted by Gasteiger charge is -2.14. The number of aliphatic hydroxyl groups is 1. The van der Waals surface area contributed by atoms with Gasteiger partial charge in [0.15, 0.2) is 0 Å². The maximum Gasteiger partial charge on any atom is 0.261 e. The Balaban J connectivity index is 1.71. The molecule has 0 aliphatic carbocycles. The van der Waals surface area contributed by atoms with Crippen molar-refractivity contribution in [1.29, 1.82) is 0 Å². The van der Waals surface area contributed by atoms with Gasteiger partial charge in [-0.05, 0) is 36.2 Å². The van der Waals surface area contributed by atoms with Crippen molar-refractivity contribution in [2.45, 2.75) is 26.0 Å². The molecule has 136 valence electrons. The van der Waals surface area contributed by atoms with E-state index in [0.717, 1.165) is 6.42 Å². The summed E-state index contributed by atoms with van der Waals surface area (Å²) in [5.41, 5.74) is 1.29. The van der Waals surface area contributed by atoms with Crippen LogP contribution in [0.1, 0.15) is 12.5 Å². The van der Waals surface area contributed by atoms with Crippen molar-refractivity contribution >= 4 is 34.1 Å². The zero-order valence-corrected chi connectivity index (χ0v) is 15.7. The number of hydrogen-bond acceptors (Lipinski definition) is 4. The first-order chi connectivity index (χ1) is 12.5. The molecule has 0 saturated heterocycles. The third-order valence-corrected chi connectivity index (χ3v) is 4.53. The number of aliphatic hydroxyl groups excluding tert-OH is 1. The van der Waals surface area contributed by atoms with Gasteiger partial charge in [0.05, 0.1) is 28.8 Å². The molecule has 0 saturated carbocycles. The number of nitrogens with zero attached hydrogens (tertiary/aromatic N) is 2. The Morgan fingerprint density at radius 2 is 1.96 bits per heavy atom. The normalized spacial score (nSPS) is 12.3. The van der Waals surface area contributed by atoms with Crippen LogP contribution in [0, 0.1) is 0 Å². The van der Waals surface area contributed by atoms with Gasteiger partial charge in [0.25, 0.3) is 5.56 Å². The summed E-state index contributed by atoms with van der Waals surface area (Å²) < 4.78 is 6.90. The third kappa shape index (κ3) is 4.18. The lowest BCUT2D eigenvalue weighted by atomic mass is 10.2. The van der Waals surface area contributed by atoms with Gasteiger partial charge in [-0.2, -0.15) is 0 Å². The Morgan fingerprint density at radius 3 is 2.65 bits per heavy atom. The summed E-state index contributed by atoms with van der Waals surface area (Å²) in [5.74, 6) is 0.670. The molecule has 1 atom stereocenters. The molecule has 1 N–H and O–H groups in total. The lowest BCUT2D eigenvalue weighted by molar-refractivity contribution is 0.0915. The molecule has 0 amide bonds. The SMILES string of the molecule is CCc1ccc(OCC(O)Cn2cnc3c(Cl)cc(Cl)cc3c2=O)cc1. The van der Waals surface area contributed by atoms with Crippen molar-refractivity contribution in [1.82, 2.24) is 9.55 Å². The van der Waals surface area contributed by atoms with Crippen molar-refractivity contribution in [3.8, 4) is 5.75 Å². The largest absolute Gasteiger partial charge is 0.491 e. The van der Waals surface area contributed by atoms with Crippen molar-refractivity contribution in [3.63, 3.8) is 0 Å². The predicted molar refractivity (Wildman–Crippen MR) is 103 cm³/mol. The fraction of sp³-hybridized carbons (Fsp3) is 0.263. The summed E-state index contributed by atoms with van der Waals surface area (Å²) in [4.78, 5) is 16.8. The average molecular weight is 393 g/mol. The molecule has 1 aromatic heterocycles. The van der Waals surface area contributed by atoms with Crippen LogP contribution in [0.4, 0.5) is 0 Å². The van der Waals surface area contributed by atoms with Gasteiger partial charge < -0.3 is 9.84 Å². The van der Waals surface area contributed by atoms with E-state index in [2.05, 4.69) is 11.9 Å². The van der Waals surface area contributed by atoms with E-state index in [4.69, 9.17) is 27.9 Å². The molecule has 0 aliphatic heterocycles. The number of aryl methyl sites for hydroxylation is 1. The van der Waals surface area contributed by atoms with Gasteiger partial charge >= 0.3 is 0 Å². The van der Waals surface area contributed by atoms with Gasteiger partial charge in [-0.3, -0.25) is 9.36 Å². The second kappa shape index (κ2) is 8.08. The second-order valence-electron chi connectivity index (χ2n) is 5.95. The van der Waals surface area contributed by atoms with Crippen molar-refractivity contribution < 1.29 is 9.84 Å². The van der Waals surface area contributed by atoms with E-state index >= 15 is 0 Å². The Hall–Kier alpha value is -2.08. The fourth-order valence-corrected chi connectivity index (χ4v) is 3.16. The first kappa shape index (κ1) is 18.7. The van der Waals surface area contributed by atoms with Crippen molar-refractivity contribution in [2.75, 3.05) is 6.61 Å². The van der Waals surface area contributed by atoms with E-state index in [1.807, 2.05) is 24.3 Å². The third-order valence-electron chi connectivity index (χ3n) is 4.03. The molecule has 3 aromatic rings. The number of fused-ring (bicyclic) bond motifs is 1. The average Bonchev–Trinajstić information content (AvgIpc) is 2.63. The zero-order valence-electron chi connectivity index (χ0n) is 14.2. The minimum Gasteiger partial charge on any atom is -0.491 e. The van der Waals surface area contributed by atoms with Crippen molar-refractivity contribution in [2.24, 2.45) is 0 Å². The molecule has 0 aliphatic rings. The quantitative estimate of drug-likeness (QED) is 0.694. The van der Waals surface area contributed by atoms with Gasteiger partial charge in [0.2, 0.25) is 0 Å². The first-order valence-corrected chi connectivity index (χ1v) is 8.97. The number of benzene rings is 2. The molecule has 2 aromatic carbocycles. The van der Waals surface area contributed by atoms with Gasteiger partial charge in [0.1, 0.15) is 18.5 Å². The highest BCUT2D eigenvalue weighted by Gasteiger charge is 2.12. The summed E-state index contributed by atoms with van der Waals surface area (Å²) in [5, 5.41) is 11.2. The first-order valence-electron chi connectivity index (χ1n) is 8.22. The zero-order chi connectivity index (χ0) is 18.7. The number of ether oxygens (including phenoxy) is 1. The van der Waals surface area contributed by atoms with E-state index < -0.39 is 6.10 Å². The molecule has 1 unspecified atom stereocenters. The molecule has 7 heteroatoms. The van der Waals surface area contributed by atoms with Gasteiger partial charge in [-0.25, -0.2) is 4.98 Å². The molecule has 1 heterocycles. The van der Waals surface area contributed by atoms with Crippen LogP contribution in [0.5, 0.6) is 5.75 Å².